The second-order valence-electron chi connectivity index (χ2n) is 8.77. The zero-order chi connectivity index (χ0) is 22.2. The first-order chi connectivity index (χ1) is 15.5. The van der Waals surface area contributed by atoms with Gasteiger partial charge in [0.2, 0.25) is 5.91 Å². The van der Waals surface area contributed by atoms with E-state index < -0.39 is 0 Å². The molecule has 8 heteroatoms. The van der Waals surface area contributed by atoms with Crippen LogP contribution < -0.4 is 10.3 Å². The number of ether oxygens (including phenoxy) is 1. The number of amides is 1. The normalized spacial score (nSPS) is 19.2. The summed E-state index contributed by atoms with van der Waals surface area (Å²) in [4.78, 5) is 33.9. The van der Waals surface area contributed by atoms with E-state index >= 15 is 0 Å². The molecule has 32 heavy (non-hydrogen) atoms. The molecule has 0 radical (unpaired) electrons. The van der Waals surface area contributed by atoms with Crippen LogP contribution in [0, 0.1) is 0 Å². The Morgan fingerprint density at radius 3 is 2.94 bits per heavy atom. The fourth-order valence-electron chi connectivity index (χ4n) is 4.98. The van der Waals surface area contributed by atoms with Crippen LogP contribution in [0.5, 0.6) is 5.75 Å². The minimum atomic E-state index is -0.0997. The van der Waals surface area contributed by atoms with Crippen LogP contribution in [0.2, 0.25) is 0 Å². The Kier molecular flexibility index (Phi) is 5.46. The molecule has 1 amide bonds. The summed E-state index contributed by atoms with van der Waals surface area (Å²) in [6.45, 7) is 4.31. The Morgan fingerprint density at radius 2 is 2.12 bits per heavy atom. The third kappa shape index (κ3) is 3.79. The van der Waals surface area contributed by atoms with Crippen LogP contribution in [0.1, 0.15) is 54.7 Å². The number of rotatable bonds is 4. The second-order valence-corrected chi connectivity index (χ2v) is 8.77. The van der Waals surface area contributed by atoms with Crippen molar-refractivity contribution in [1.29, 1.82) is 0 Å². The van der Waals surface area contributed by atoms with Crippen LogP contribution in [0.3, 0.4) is 0 Å². The van der Waals surface area contributed by atoms with Crippen LogP contribution in [0.25, 0.3) is 5.65 Å². The summed E-state index contributed by atoms with van der Waals surface area (Å²) >= 11 is 0. The van der Waals surface area contributed by atoms with Crippen molar-refractivity contribution in [2.45, 2.75) is 51.7 Å². The Bertz CT molecular complexity index is 1210. The van der Waals surface area contributed by atoms with Crippen molar-refractivity contribution in [1.82, 2.24) is 24.4 Å². The maximum absolute atomic E-state index is 13.2. The summed E-state index contributed by atoms with van der Waals surface area (Å²) in [5.41, 5.74) is 4.22. The van der Waals surface area contributed by atoms with E-state index in [0.717, 1.165) is 49.5 Å². The van der Waals surface area contributed by atoms with Gasteiger partial charge in [-0.3, -0.25) is 19.6 Å². The molecule has 2 aromatic heterocycles. The summed E-state index contributed by atoms with van der Waals surface area (Å²) in [5, 5.41) is 3.34. The smallest absolute Gasteiger partial charge is 0.277 e. The van der Waals surface area contributed by atoms with Gasteiger partial charge in [-0.05, 0) is 37.1 Å². The first kappa shape index (κ1) is 20.8. The first-order valence-electron chi connectivity index (χ1n) is 11.3. The van der Waals surface area contributed by atoms with Gasteiger partial charge in [0, 0.05) is 32.5 Å². The lowest BCUT2D eigenvalue weighted by molar-refractivity contribution is -0.129. The van der Waals surface area contributed by atoms with Crippen LogP contribution in [0.15, 0.2) is 35.1 Å². The Hall–Kier alpha value is -3.13. The van der Waals surface area contributed by atoms with E-state index in [-0.39, 0.29) is 17.5 Å². The number of fused-ring (bicyclic) bond motifs is 2. The molecule has 8 nitrogen and oxygen atoms in total. The molecule has 4 heterocycles. The highest BCUT2D eigenvalue weighted by Gasteiger charge is 2.28. The maximum Gasteiger partial charge on any atom is 0.277 e. The Balaban J connectivity index is 1.47. The number of likely N-dealkylation sites (tertiary alicyclic amines) is 1. The fraction of sp³-hybridized carbons (Fsp3) is 0.458. The number of carbonyl (C=O) groups excluding carboxylic acids is 1. The summed E-state index contributed by atoms with van der Waals surface area (Å²) in [7, 11) is 1.69. The van der Waals surface area contributed by atoms with Gasteiger partial charge < -0.3 is 9.64 Å². The Morgan fingerprint density at radius 1 is 1.25 bits per heavy atom. The van der Waals surface area contributed by atoms with Crippen LogP contribution >= 0.6 is 0 Å². The average molecular weight is 436 g/mol. The molecule has 0 bridgehead atoms. The van der Waals surface area contributed by atoms with E-state index in [0.29, 0.717) is 30.7 Å². The summed E-state index contributed by atoms with van der Waals surface area (Å²) in [5.74, 6) is 0.852. The lowest BCUT2D eigenvalue weighted by atomic mass is 9.98. The number of methoxy groups -OCH3 is 1. The van der Waals surface area contributed by atoms with Crippen molar-refractivity contribution in [2.75, 3.05) is 20.2 Å². The monoisotopic (exact) mass is 435 g/mol. The van der Waals surface area contributed by atoms with Gasteiger partial charge >= 0.3 is 0 Å². The number of nitrogens with zero attached hydrogens (tertiary/aromatic N) is 4. The van der Waals surface area contributed by atoms with Crippen molar-refractivity contribution in [3.63, 3.8) is 0 Å². The number of carbonyl (C=O) groups is 1. The number of H-pyrrole nitrogens is 1. The molecule has 1 aromatic carbocycles. The highest BCUT2D eigenvalue weighted by molar-refractivity contribution is 5.73. The molecule has 1 N–H and O–H groups in total. The van der Waals surface area contributed by atoms with Gasteiger partial charge in [-0.2, -0.15) is 0 Å². The molecule has 2 aliphatic heterocycles. The van der Waals surface area contributed by atoms with E-state index in [9.17, 15) is 9.59 Å². The first-order valence-corrected chi connectivity index (χ1v) is 11.3. The van der Waals surface area contributed by atoms with Crippen LogP contribution in [-0.4, -0.2) is 50.5 Å². The quantitative estimate of drug-likeness (QED) is 0.681. The molecule has 1 unspecified atom stereocenters. The van der Waals surface area contributed by atoms with Crippen LogP contribution in [0.4, 0.5) is 0 Å². The predicted octanol–water partition coefficient (Wildman–Crippen LogP) is 2.66. The minimum absolute atomic E-state index is 0.0114. The number of hydrogen-bond donors (Lipinski definition) is 1. The molecule has 3 aromatic rings. The van der Waals surface area contributed by atoms with Crippen molar-refractivity contribution < 1.29 is 9.53 Å². The molecular weight excluding hydrogens is 406 g/mol. The van der Waals surface area contributed by atoms with Gasteiger partial charge in [0.1, 0.15) is 5.75 Å². The topological polar surface area (TPSA) is 82.9 Å². The van der Waals surface area contributed by atoms with Crippen molar-refractivity contribution in [3.8, 4) is 5.75 Å². The van der Waals surface area contributed by atoms with E-state index in [2.05, 4.69) is 22.1 Å². The molecular formula is C24H29N5O3. The van der Waals surface area contributed by atoms with Gasteiger partial charge in [0.15, 0.2) is 5.65 Å². The molecule has 2 aliphatic rings. The minimum Gasteiger partial charge on any atom is -0.497 e. The van der Waals surface area contributed by atoms with Gasteiger partial charge in [0.05, 0.1) is 36.6 Å². The molecule has 1 saturated heterocycles. The zero-order valence-electron chi connectivity index (χ0n) is 18.6. The number of nitrogens with one attached hydrogen (secondary N) is 1. The SMILES string of the molecule is COc1cccc(CN2CCCCC2c2cc3nc4c(c(=O)n3[nH]2)CN(C(C)=O)CC4)c1. The summed E-state index contributed by atoms with van der Waals surface area (Å²) < 4.78 is 6.94. The highest BCUT2D eigenvalue weighted by Crippen LogP contribution is 2.32. The summed E-state index contributed by atoms with van der Waals surface area (Å²) in [6, 6.07) is 10.4. The van der Waals surface area contributed by atoms with Gasteiger partial charge in [-0.25, -0.2) is 9.50 Å². The van der Waals surface area contributed by atoms with E-state index in [4.69, 9.17) is 9.72 Å². The zero-order valence-corrected chi connectivity index (χ0v) is 18.6. The third-order valence-electron chi connectivity index (χ3n) is 6.72. The number of aromatic nitrogens is 3. The molecule has 1 fully saturated rings. The number of benzene rings is 1. The van der Waals surface area contributed by atoms with Gasteiger partial charge in [-0.15, -0.1) is 0 Å². The lowest BCUT2D eigenvalue weighted by Gasteiger charge is -2.35. The maximum atomic E-state index is 13.2. The third-order valence-corrected chi connectivity index (χ3v) is 6.72. The van der Waals surface area contributed by atoms with Crippen molar-refractivity contribution in [3.05, 3.63) is 63.2 Å². The van der Waals surface area contributed by atoms with Gasteiger partial charge in [0.25, 0.3) is 5.56 Å². The number of hydrogen-bond acceptors (Lipinski definition) is 5. The fourth-order valence-corrected chi connectivity index (χ4v) is 4.98. The van der Waals surface area contributed by atoms with Crippen molar-refractivity contribution in [2.24, 2.45) is 0 Å². The largest absolute Gasteiger partial charge is 0.497 e. The average Bonchev–Trinajstić information content (AvgIpc) is 3.23. The highest BCUT2D eigenvalue weighted by atomic mass is 16.5. The molecule has 5 rings (SSSR count). The van der Waals surface area contributed by atoms with Gasteiger partial charge in [-0.1, -0.05) is 18.6 Å². The number of aromatic amines is 1. The molecule has 1 atom stereocenters. The molecule has 0 spiro atoms. The lowest BCUT2D eigenvalue weighted by Crippen LogP contribution is -2.39. The van der Waals surface area contributed by atoms with E-state index in [1.807, 2.05) is 18.2 Å². The molecule has 0 aliphatic carbocycles. The number of piperidine rings is 1. The van der Waals surface area contributed by atoms with Crippen LogP contribution in [-0.2, 0) is 24.3 Å². The van der Waals surface area contributed by atoms with Crippen molar-refractivity contribution >= 4 is 11.6 Å². The summed E-state index contributed by atoms with van der Waals surface area (Å²) in [6.07, 6.45) is 3.96. The Labute approximate surface area is 186 Å². The molecule has 168 valence electrons. The second kappa shape index (κ2) is 8.43. The standard InChI is InChI=1S/C24H29N5O3/c1-16(30)27-11-9-20-19(15-27)24(31)29-23(25-20)13-21(26-29)22-8-3-4-10-28(22)14-17-6-5-7-18(12-17)32-2/h5-7,12-13,22,26H,3-4,8-11,14-15H2,1-2H3. The van der Waals surface area contributed by atoms with E-state index in [1.54, 1.807) is 23.4 Å². The predicted molar refractivity (Wildman–Crippen MR) is 121 cm³/mol. The van der Waals surface area contributed by atoms with E-state index in [1.165, 1.54) is 5.56 Å². The molecule has 0 saturated carbocycles.